The van der Waals surface area contributed by atoms with Gasteiger partial charge in [0, 0.05) is 25.2 Å². The van der Waals surface area contributed by atoms with Crippen molar-refractivity contribution >= 4 is 17.8 Å². The average molecular weight is 366 g/mol. The first-order chi connectivity index (χ1) is 12.1. The number of carboxylic acid groups (broad SMARTS) is 1. The van der Waals surface area contributed by atoms with Crippen LogP contribution in [0.2, 0.25) is 0 Å². The number of hydrogen-bond acceptors (Lipinski definition) is 5. The molecule has 8 nitrogen and oxygen atoms in total. The molecular weight excluding hydrogens is 340 g/mol. The number of carbonyl (C=O) groups excluding carboxylic acids is 2. The van der Waals surface area contributed by atoms with Crippen molar-refractivity contribution in [3.8, 4) is 11.5 Å². The van der Waals surface area contributed by atoms with Crippen LogP contribution in [0.5, 0.6) is 11.5 Å². The molecule has 0 saturated heterocycles. The largest absolute Gasteiger partial charge is 0.493 e. The fraction of sp³-hybridized carbons (Fsp3) is 0.500. The smallest absolute Gasteiger partial charge is 0.308 e. The van der Waals surface area contributed by atoms with Gasteiger partial charge in [-0.05, 0) is 32.0 Å². The highest BCUT2D eigenvalue weighted by Crippen LogP contribution is 2.28. The minimum absolute atomic E-state index is 0.0109. The molecule has 1 rings (SSSR count). The molecule has 0 aliphatic rings. The van der Waals surface area contributed by atoms with Crippen LogP contribution in [-0.2, 0) is 9.59 Å². The molecule has 2 amide bonds. The second-order valence-corrected chi connectivity index (χ2v) is 6.30. The van der Waals surface area contributed by atoms with Crippen molar-refractivity contribution in [1.82, 2.24) is 10.2 Å². The van der Waals surface area contributed by atoms with E-state index in [2.05, 4.69) is 5.32 Å². The lowest BCUT2D eigenvalue weighted by molar-refractivity contribution is -0.141. The fourth-order valence-electron chi connectivity index (χ4n) is 2.22. The van der Waals surface area contributed by atoms with Crippen molar-refractivity contribution in [2.24, 2.45) is 5.92 Å². The number of methoxy groups -OCH3 is 1. The van der Waals surface area contributed by atoms with Gasteiger partial charge in [0.05, 0.1) is 13.0 Å². The number of hydrogen-bond donors (Lipinski definition) is 2. The van der Waals surface area contributed by atoms with Crippen LogP contribution >= 0.6 is 0 Å². The highest BCUT2D eigenvalue weighted by Gasteiger charge is 2.20. The first-order valence-electron chi connectivity index (χ1n) is 8.24. The van der Waals surface area contributed by atoms with Crippen molar-refractivity contribution in [3.63, 3.8) is 0 Å². The van der Waals surface area contributed by atoms with Gasteiger partial charge in [-0.15, -0.1) is 0 Å². The van der Waals surface area contributed by atoms with E-state index in [1.54, 1.807) is 12.1 Å². The highest BCUT2D eigenvalue weighted by molar-refractivity contribution is 5.95. The average Bonchev–Trinajstić information content (AvgIpc) is 2.58. The summed E-state index contributed by atoms with van der Waals surface area (Å²) in [5.41, 5.74) is 0.334. The molecule has 26 heavy (non-hydrogen) atoms. The van der Waals surface area contributed by atoms with Crippen LogP contribution in [0.3, 0.4) is 0 Å². The Labute approximate surface area is 153 Å². The number of nitrogens with zero attached hydrogens (tertiary/aromatic N) is 1. The van der Waals surface area contributed by atoms with Gasteiger partial charge in [0.15, 0.2) is 18.1 Å². The standard InChI is InChI=1S/C18H26N2O6/c1-11(2)19-16(21)10-26-14-7-6-13(8-15(14)25-5)17(22)20(4)9-12(3)18(23)24/h6-8,11-12H,9-10H2,1-5H3,(H,19,21)(H,23,24). The molecule has 1 aromatic rings. The van der Waals surface area contributed by atoms with Crippen molar-refractivity contribution in [2.45, 2.75) is 26.8 Å². The number of aliphatic carboxylic acids is 1. The number of ether oxygens (including phenoxy) is 2. The van der Waals surface area contributed by atoms with E-state index in [4.69, 9.17) is 14.6 Å². The number of rotatable bonds is 9. The molecule has 0 bridgehead atoms. The van der Waals surface area contributed by atoms with E-state index in [9.17, 15) is 14.4 Å². The topological polar surface area (TPSA) is 105 Å². The van der Waals surface area contributed by atoms with Gasteiger partial charge in [0.1, 0.15) is 0 Å². The van der Waals surface area contributed by atoms with E-state index >= 15 is 0 Å². The molecule has 0 aliphatic carbocycles. The fourth-order valence-corrected chi connectivity index (χ4v) is 2.22. The molecule has 1 aromatic carbocycles. The summed E-state index contributed by atoms with van der Waals surface area (Å²) in [5.74, 6) is -1.58. The molecule has 0 fully saturated rings. The number of benzene rings is 1. The molecule has 0 saturated carbocycles. The number of amides is 2. The maximum absolute atomic E-state index is 12.4. The van der Waals surface area contributed by atoms with E-state index in [-0.39, 0.29) is 31.0 Å². The summed E-state index contributed by atoms with van der Waals surface area (Å²) in [6, 6.07) is 4.60. The van der Waals surface area contributed by atoms with Crippen LogP contribution in [0.1, 0.15) is 31.1 Å². The Kier molecular flexibility index (Phi) is 7.89. The number of carboxylic acids is 1. The van der Waals surface area contributed by atoms with Gasteiger partial charge >= 0.3 is 5.97 Å². The molecule has 0 aromatic heterocycles. The Morgan fingerprint density at radius 3 is 2.38 bits per heavy atom. The highest BCUT2D eigenvalue weighted by atomic mass is 16.5. The molecule has 1 atom stereocenters. The third-order valence-corrected chi connectivity index (χ3v) is 3.53. The van der Waals surface area contributed by atoms with Gasteiger partial charge in [-0.3, -0.25) is 14.4 Å². The molecule has 1 unspecified atom stereocenters. The van der Waals surface area contributed by atoms with Crippen LogP contribution in [-0.4, -0.2) is 61.1 Å². The Morgan fingerprint density at radius 1 is 1.19 bits per heavy atom. The summed E-state index contributed by atoms with van der Waals surface area (Å²) < 4.78 is 10.7. The van der Waals surface area contributed by atoms with Crippen LogP contribution in [0, 0.1) is 5.92 Å². The zero-order valence-corrected chi connectivity index (χ0v) is 15.7. The molecule has 0 heterocycles. The van der Waals surface area contributed by atoms with E-state index in [0.29, 0.717) is 17.1 Å². The molecule has 8 heteroatoms. The SMILES string of the molecule is COc1cc(C(=O)N(C)CC(C)C(=O)O)ccc1OCC(=O)NC(C)C. The first kappa shape index (κ1) is 21.3. The summed E-state index contributed by atoms with van der Waals surface area (Å²) in [5, 5.41) is 11.7. The maximum Gasteiger partial charge on any atom is 0.308 e. The monoisotopic (exact) mass is 366 g/mol. The Balaban J connectivity index is 2.82. The summed E-state index contributed by atoms with van der Waals surface area (Å²) in [6.07, 6.45) is 0. The number of nitrogens with one attached hydrogen (secondary N) is 1. The Bertz CT molecular complexity index is 659. The maximum atomic E-state index is 12.4. The van der Waals surface area contributed by atoms with Crippen LogP contribution in [0.25, 0.3) is 0 Å². The lowest BCUT2D eigenvalue weighted by Gasteiger charge is -2.20. The molecule has 0 aliphatic heterocycles. The Hall–Kier alpha value is -2.77. The third kappa shape index (κ3) is 6.27. The van der Waals surface area contributed by atoms with Crippen LogP contribution < -0.4 is 14.8 Å². The minimum atomic E-state index is -0.967. The predicted octanol–water partition coefficient (Wildman–Crippen LogP) is 1.39. The van der Waals surface area contributed by atoms with Crippen molar-refractivity contribution in [1.29, 1.82) is 0 Å². The summed E-state index contributed by atoms with van der Waals surface area (Å²) >= 11 is 0. The van der Waals surface area contributed by atoms with E-state index in [0.717, 1.165) is 0 Å². The van der Waals surface area contributed by atoms with Crippen LogP contribution in [0.4, 0.5) is 0 Å². The van der Waals surface area contributed by atoms with Gasteiger partial charge in [0.25, 0.3) is 11.8 Å². The van der Waals surface area contributed by atoms with Gasteiger partial charge < -0.3 is 24.8 Å². The van der Waals surface area contributed by atoms with Gasteiger partial charge in [-0.1, -0.05) is 6.92 Å². The molecule has 144 valence electrons. The van der Waals surface area contributed by atoms with E-state index < -0.39 is 11.9 Å². The third-order valence-electron chi connectivity index (χ3n) is 3.53. The summed E-state index contributed by atoms with van der Waals surface area (Å²) in [6.45, 7) is 5.15. The van der Waals surface area contributed by atoms with Crippen molar-refractivity contribution in [3.05, 3.63) is 23.8 Å². The zero-order chi connectivity index (χ0) is 19.9. The lowest BCUT2D eigenvalue weighted by Crippen LogP contribution is -2.34. The molecule has 0 spiro atoms. The van der Waals surface area contributed by atoms with Gasteiger partial charge in [0.2, 0.25) is 0 Å². The Morgan fingerprint density at radius 2 is 1.85 bits per heavy atom. The predicted molar refractivity (Wildman–Crippen MR) is 95.5 cm³/mol. The quantitative estimate of drug-likeness (QED) is 0.684. The van der Waals surface area contributed by atoms with E-state index in [1.807, 2.05) is 13.8 Å². The zero-order valence-electron chi connectivity index (χ0n) is 15.7. The van der Waals surface area contributed by atoms with Crippen molar-refractivity contribution < 1.29 is 29.0 Å². The first-order valence-corrected chi connectivity index (χ1v) is 8.24. The summed E-state index contributed by atoms with van der Waals surface area (Å²) in [4.78, 5) is 36.4. The minimum Gasteiger partial charge on any atom is -0.493 e. The summed E-state index contributed by atoms with van der Waals surface area (Å²) in [7, 11) is 2.97. The van der Waals surface area contributed by atoms with Crippen molar-refractivity contribution in [2.75, 3.05) is 27.3 Å². The van der Waals surface area contributed by atoms with Gasteiger partial charge in [-0.25, -0.2) is 0 Å². The van der Waals surface area contributed by atoms with E-state index in [1.165, 1.54) is 32.0 Å². The second-order valence-electron chi connectivity index (χ2n) is 6.30. The van der Waals surface area contributed by atoms with Gasteiger partial charge in [-0.2, -0.15) is 0 Å². The molecule has 0 radical (unpaired) electrons. The second kappa shape index (κ2) is 9.65. The molecular formula is C18H26N2O6. The lowest BCUT2D eigenvalue weighted by atomic mass is 10.1. The van der Waals surface area contributed by atoms with Crippen LogP contribution in [0.15, 0.2) is 18.2 Å². The molecule has 2 N–H and O–H groups in total. The number of carbonyl (C=O) groups is 3. The normalized spacial score (nSPS) is 11.6.